The molecule has 23 heavy (non-hydrogen) atoms. The maximum Gasteiger partial charge on any atom is 0.310 e. The molecule has 1 heterocycles. The maximum absolute atomic E-state index is 13.0. The number of carbonyl (C=O) groups excluding carboxylic acids is 2. The molecule has 2 aliphatic rings. The van der Waals surface area contributed by atoms with Crippen molar-refractivity contribution in [2.75, 3.05) is 13.7 Å². The number of H-pyrrole nitrogens is 1. The zero-order valence-corrected chi connectivity index (χ0v) is 13.9. The third-order valence-corrected chi connectivity index (χ3v) is 4.83. The molecule has 0 spiro atoms. The van der Waals surface area contributed by atoms with Gasteiger partial charge in [0.2, 0.25) is 0 Å². The van der Waals surface area contributed by atoms with Crippen LogP contribution in [0.25, 0.3) is 0 Å². The van der Waals surface area contributed by atoms with Crippen molar-refractivity contribution in [3.63, 3.8) is 0 Å². The Balaban J connectivity index is 1.79. The SMILES string of the molecule is COC(=O)[C@H](C)CN(C(=O)c1n[nH]c2c1CCCCC2)C1CC1. The van der Waals surface area contributed by atoms with E-state index in [0.717, 1.165) is 49.8 Å². The van der Waals surface area contributed by atoms with Crippen molar-refractivity contribution in [3.8, 4) is 0 Å². The molecule has 2 aliphatic carbocycles. The van der Waals surface area contributed by atoms with E-state index in [1.165, 1.54) is 13.5 Å². The van der Waals surface area contributed by atoms with E-state index in [-0.39, 0.29) is 23.8 Å². The maximum atomic E-state index is 13.0. The van der Waals surface area contributed by atoms with Crippen LogP contribution in [-0.4, -0.2) is 46.7 Å². The minimum atomic E-state index is -0.318. The Morgan fingerprint density at radius 3 is 2.74 bits per heavy atom. The summed E-state index contributed by atoms with van der Waals surface area (Å²) in [5.41, 5.74) is 2.76. The average Bonchev–Trinajstić information content (AvgIpc) is 3.36. The van der Waals surface area contributed by atoms with E-state index in [1.807, 2.05) is 4.90 Å². The molecule has 0 aliphatic heterocycles. The molecular weight excluding hydrogens is 294 g/mol. The van der Waals surface area contributed by atoms with Gasteiger partial charge in [0.1, 0.15) is 0 Å². The van der Waals surface area contributed by atoms with Gasteiger partial charge in [-0.3, -0.25) is 14.7 Å². The standard InChI is InChI=1S/C17H25N3O3/c1-11(17(22)23-2)10-20(12-8-9-12)16(21)15-13-6-4-3-5-7-14(13)18-19-15/h11-12H,3-10H2,1-2H3,(H,18,19)/t11-/m1/s1. The van der Waals surface area contributed by atoms with Gasteiger partial charge >= 0.3 is 5.97 Å². The van der Waals surface area contributed by atoms with Crippen molar-refractivity contribution < 1.29 is 14.3 Å². The number of hydrogen-bond donors (Lipinski definition) is 1. The molecule has 0 radical (unpaired) electrons. The Morgan fingerprint density at radius 2 is 2.04 bits per heavy atom. The fourth-order valence-electron chi connectivity index (χ4n) is 3.33. The molecule has 0 unspecified atom stereocenters. The summed E-state index contributed by atoms with van der Waals surface area (Å²) in [6, 6.07) is 0.243. The lowest BCUT2D eigenvalue weighted by atomic mass is 10.1. The van der Waals surface area contributed by atoms with Crippen molar-refractivity contribution in [2.24, 2.45) is 5.92 Å². The summed E-state index contributed by atoms with van der Waals surface area (Å²) in [7, 11) is 1.38. The molecule has 1 N–H and O–H groups in total. The highest BCUT2D eigenvalue weighted by atomic mass is 16.5. The van der Waals surface area contributed by atoms with Crippen LogP contribution >= 0.6 is 0 Å². The number of carbonyl (C=O) groups is 2. The molecule has 1 aromatic heterocycles. The number of nitrogens with one attached hydrogen (secondary N) is 1. The van der Waals surface area contributed by atoms with Gasteiger partial charge in [0.25, 0.3) is 5.91 Å². The van der Waals surface area contributed by atoms with Crippen molar-refractivity contribution in [3.05, 3.63) is 17.0 Å². The molecule has 6 heteroatoms. The van der Waals surface area contributed by atoms with Gasteiger partial charge in [-0.15, -0.1) is 0 Å². The summed E-state index contributed by atoms with van der Waals surface area (Å²) in [6.07, 6.45) is 7.35. The Labute approximate surface area is 136 Å². The first-order valence-electron chi connectivity index (χ1n) is 8.56. The first-order valence-corrected chi connectivity index (χ1v) is 8.56. The Morgan fingerprint density at radius 1 is 1.30 bits per heavy atom. The van der Waals surface area contributed by atoms with Crippen LogP contribution in [0.15, 0.2) is 0 Å². The second kappa shape index (κ2) is 6.72. The zero-order chi connectivity index (χ0) is 16.4. The van der Waals surface area contributed by atoms with Gasteiger partial charge in [0.15, 0.2) is 5.69 Å². The molecule has 3 rings (SSSR count). The number of fused-ring (bicyclic) bond motifs is 1. The highest BCUT2D eigenvalue weighted by Gasteiger charge is 2.37. The van der Waals surface area contributed by atoms with Crippen LogP contribution in [0.2, 0.25) is 0 Å². The monoisotopic (exact) mass is 319 g/mol. The third-order valence-electron chi connectivity index (χ3n) is 4.83. The number of rotatable bonds is 5. The van der Waals surface area contributed by atoms with Gasteiger partial charge in [-0.2, -0.15) is 5.10 Å². The van der Waals surface area contributed by atoms with E-state index in [9.17, 15) is 9.59 Å². The lowest BCUT2D eigenvalue weighted by Gasteiger charge is -2.24. The average molecular weight is 319 g/mol. The lowest BCUT2D eigenvalue weighted by Crippen LogP contribution is -2.39. The second-order valence-electron chi connectivity index (χ2n) is 6.70. The fourth-order valence-corrected chi connectivity index (χ4v) is 3.33. The van der Waals surface area contributed by atoms with Gasteiger partial charge in [-0.25, -0.2) is 0 Å². The topological polar surface area (TPSA) is 75.3 Å². The van der Waals surface area contributed by atoms with Crippen molar-refractivity contribution in [2.45, 2.75) is 57.9 Å². The first-order chi connectivity index (χ1) is 11.1. The number of aromatic nitrogens is 2. The van der Waals surface area contributed by atoms with Gasteiger partial charge in [-0.1, -0.05) is 13.3 Å². The number of amides is 1. The van der Waals surface area contributed by atoms with E-state index in [2.05, 4.69) is 10.2 Å². The largest absolute Gasteiger partial charge is 0.469 e. The van der Waals surface area contributed by atoms with Crippen LogP contribution in [0.5, 0.6) is 0 Å². The van der Waals surface area contributed by atoms with E-state index >= 15 is 0 Å². The third kappa shape index (κ3) is 3.41. The van der Waals surface area contributed by atoms with E-state index in [0.29, 0.717) is 12.2 Å². The smallest absolute Gasteiger partial charge is 0.310 e. The van der Waals surface area contributed by atoms with Gasteiger partial charge < -0.3 is 9.64 Å². The van der Waals surface area contributed by atoms with Gasteiger partial charge in [-0.05, 0) is 38.5 Å². The van der Waals surface area contributed by atoms with E-state index in [4.69, 9.17) is 4.74 Å². The number of methoxy groups -OCH3 is 1. The summed E-state index contributed by atoms with van der Waals surface area (Å²) in [6.45, 7) is 2.21. The Kier molecular flexibility index (Phi) is 4.68. The molecule has 6 nitrogen and oxygen atoms in total. The molecule has 1 saturated carbocycles. The minimum absolute atomic E-state index is 0.0392. The number of esters is 1. The quantitative estimate of drug-likeness (QED) is 0.666. The van der Waals surface area contributed by atoms with Crippen LogP contribution in [0.4, 0.5) is 0 Å². The van der Waals surface area contributed by atoms with Crippen LogP contribution in [0.1, 0.15) is 60.8 Å². The number of hydrogen-bond acceptors (Lipinski definition) is 4. The molecule has 1 amide bonds. The van der Waals surface area contributed by atoms with E-state index in [1.54, 1.807) is 6.92 Å². The lowest BCUT2D eigenvalue weighted by molar-refractivity contribution is -0.145. The molecule has 1 atom stereocenters. The van der Waals surface area contributed by atoms with E-state index < -0.39 is 0 Å². The summed E-state index contributed by atoms with van der Waals surface area (Å²) >= 11 is 0. The highest BCUT2D eigenvalue weighted by Crippen LogP contribution is 2.31. The zero-order valence-electron chi connectivity index (χ0n) is 13.9. The van der Waals surface area contributed by atoms with Crippen LogP contribution in [0, 0.1) is 5.92 Å². The fraction of sp³-hybridized carbons (Fsp3) is 0.706. The van der Waals surface area contributed by atoms with Crippen LogP contribution in [0.3, 0.4) is 0 Å². The number of nitrogens with zero attached hydrogens (tertiary/aromatic N) is 2. The van der Waals surface area contributed by atoms with Crippen LogP contribution < -0.4 is 0 Å². The van der Waals surface area contributed by atoms with Gasteiger partial charge in [0.05, 0.1) is 13.0 Å². The summed E-state index contributed by atoms with van der Waals surface area (Å²) in [4.78, 5) is 26.5. The van der Waals surface area contributed by atoms with Gasteiger partial charge in [0, 0.05) is 23.8 Å². The molecule has 1 fully saturated rings. The van der Waals surface area contributed by atoms with Crippen LogP contribution in [-0.2, 0) is 22.4 Å². The second-order valence-corrected chi connectivity index (χ2v) is 6.70. The summed E-state index contributed by atoms with van der Waals surface area (Å²) < 4.78 is 4.79. The highest BCUT2D eigenvalue weighted by molar-refractivity contribution is 5.94. The molecule has 0 bridgehead atoms. The Hall–Kier alpha value is -1.85. The molecule has 0 aromatic carbocycles. The molecule has 126 valence electrons. The number of aromatic amines is 1. The molecule has 0 saturated heterocycles. The summed E-state index contributed by atoms with van der Waals surface area (Å²) in [5, 5.41) is 7.37. The molecule has 1 aromatic rings. The Bertz CT molecular complexity index is 592. The van der Waals surface area contributed by atoms with Crippen molar-refractivity contribution in [1.82, 2.24) is 15.1 Å². The normalized spacial score (nSPS) is 18.7. The summed E-state index contributed by atoms with van der Waals surface area (Å²) in [5.74, 6) is -0.631. The molecular formula is C17H25N3O3. The number of ether oxygens (including phenoxy) is 1. The first kappa shape index (κ1) is 16.0. The minimum Gasteiger partial charge on any atom is -0.469 e. The predicted molar refractivity (Wildman–Crippen MR) is 85.1 cm³/mol. The van der Waals surface area contributed by atoms with Crippen molar-refractivity contribution >= 4 is 11.9 Å². The predicted octanol–water partition coefficient (Wildman–Crippen LogP) is 2.09. The van der Waals surface area contributed by atoms with Crippen molar-refractivity contribution in [1.29, 1.82) is 0 Å². The number of aryl methyl sites for hydroxylation is 1.